The summed E-state index contributed by atoms with van der Waals surface area (Å²) >= 11 is 0. The minimum atomic E-state index is -3.92. The number of hydrogen-bond acceptors (Lipinski definition) is 4. The fraction of sp³-hybridized carbons (Fsp3) is 0.120. The highest BCUT2D eigenvalue weighted by Crippen LogP contribution is 2.19. The molecule has 0 saturated heterocycles. The molecule has 0 unspecified atom stereocenters. The molecule has 1 aromatic heterocycles. The molecule has 1 atom stereocenters. The Labute approximate surface area is 187 Å². The molecule has 0 aliphatic rings. The number of pyridine rings is 1. The van der Waals surface area contributed by atoms with Gasteiger partial charge in [-0.3, -0.25) is 9.78 Å². The number of sulfonamides is 1. The van der Waals surface area contributed by atoms with Crippen LogP contribution in [0.2, 0.25) is 0 Å². The van der Waals surface area contributed by atoms with Crippen LogP contribution in [0.15, 0.2) is 102 Å². The van der Waals surface area contributed by atoms with E-state index in [0.717, 1.165) is 21.9 Å². The molecule has 0 aliphatic heterocycles. The zero-order valence-corrected chi connectivity index (χ0v) is 18.1. The van der Waals surface area contributed by atoms with Gasteiger partial charge in [-0.15, -0.1) is 0 Å². The van der Waals surface area contributed by atoms with Crippen molar-refractivity contribution in [3.8, 4) is 0 Å². The Hall–Kier alpha value is -3.55. The van der Waals surface area contributed by atoms with Crippen molar-refractivity contribution in [1.82, 2.24) is 15.0 Å². The second-order valence-corrected chi connectivity index (χ2v) is 9.17. The van der Waals surface area contributed by atoms with Gasteiger partial charge in [-0.2, -0.15) is 4.72 Å². The molecule has 4 rings (SSSR count). The zero-order chi connectivity index (χ0) is 22.4. The van der Waals surface area contributed by atoms with Crippen LogP contribution in [0.25, 0.3) is 10.8 Å². The van der Waals surface area contributed by atoms with Gasteiger partial charge < -0.3 is 5.32 Å². The summed E-state index contributed by atoms with van der Waals surface area (Å²) < 4.78 is 28.9. The molecule has 0 saturated carbocycles. The molecule has 3 aromatic carbocycles. The number of nitrogens with zero attached hydrogens (tertiary/aromatic N) is 1. The summed E-state index contributed by atoms with van der Waals surface area (Å²) in [6.45, 7) is 0.260. The van der Waals surface area contributed by atoms with Crippen molar-refractivity contribution in [2.24, 2.45) is 0 Å². The van der Waals surface area contributed by atoms with Crippen LogP contribution in [0, 0.1) is 0 Å². The maximum absolute atomic E-state index is 13.2. The molecule has 6 nitrogen and oxygen atoms in total. The molecular weight excluding hydrogens is 422 g/mol. The van der Waals surface area contributed by atoms with Crippen LogP contribution in [0.1, 0.15) is 11.1 Å². The minimum absolute atomic E-state index is 0.120. The highest BCUT2D eigenvalue weighted by Gasteiger charge is 2.26. The van der Waals surface area contributed by atoms with Gasteiger partial charge in [-0.1, -0.05) is 66.7 Å². The maximum Gasteiger partial charge on any atom is 0.241 e. The molecule has 1 heterocycles. The largest absolute Gasteiger partial charge is 0.351 e. The molecular formula is C25H23N3O3S. The molecule has 0 spiro atoms. The normalized spacial score (nSPS) is 12.4. The van der Waals surface area contributed by atoms with Gasteiger partial charge in [0.2, 0.25) is 15.9 Å². The van der Waals surface area contributed by atoms with Gasteiger partial charge in [0.05, 0.1) is 4.90 Å². The van der Waals surface area contributed by atoms with Crippen LogP contribution in [-0.2, 0) is 27.8 Å². The van der Waals surface area contributed by atoms with E-state index in [-0.39, 0.29) is 17.9 Å². The highest BCUT2D eigenvalue weighted by atomic mass is 32.2. The van der Waals surface area contributed by atoms with Crippen LogP contribution >= 0.6 is 0 Å². The van der Waals surface area contributed by atoms with Crippen LogP contribution in [-0.4, -0.2) is 25.4 Å². The van der Waals surface area contributed by atoms with Crippen molar-refractivity contribution in [3.05, 3.63) is 108 Å². The van der Waals surface area contributed by atoms with Gasteiger partial charge in [0.1, 0.15) is 6.04 Å². The number of hydrogen-bond donors (Lipinski definition) is 2. The maximum atomic E-state index is 13.2. The Morgan fingerprint density at radius 3 is 2.31 bits per heavy atom. The fourth-order valence-corrected chi connectivity index (χ4v) is 4.67. The summed E-state index contributed by atoms with van der Waals surface area (Å²) in [6, 6.07) is 24.5. The second-order valence-electron chi connectivity index (χ2n) is 7.45. The lowest BCUT2D eigenvalue weighted by Gasteiger charge is -2.19. The molecule has 162 valence electrons. The predicted octanol–water partition coefficient (Wildman–Crippen LogP) is 3.44. The molecule has 0 radical (unpaired) electrons. The standard InChI is InChI=1S/C25H23N3O3S/c29-25(27-18-20-9-6-14-26-17-20)24(15-19-7-2-1-3-8-19)28-32(30,31)23-13-12-21-10-4-5-11-22(21)16-23/h1-14,16-17,24,28H,15,18H2,(H,27,29)/t24-/m0/s1. The van der Waals surface area contributed by atoms with Crippen molar-refractivity contribution in [2.45, 2.75) is 23.9 Å². The average molecular weight is 446 g/mol. The third-order valence-electron chi connectivity index (χ3n) is 5.12. The van der Waals surface area contributed by atoms with Crippen LogP contribution < -0.4 is 10.0 Å². The number of carbonyl (C=O) groups is 1. The van der Waals surface area contributed by atoms with Crippen molar-refractivity contribution < 1.29 is 13.2 Å². The first-order valence-corrected chi connectivity index (χ1v) is 11.7. The summed E-state index contributed by atoms with van der Waals surface area (Å²) in [5.41, 5.74) is 1.69. The van der Waals surface area contributed by atoms with Gasteiger partial charge >= 0.3 is 0 Å². The SMILES string of the molecule is O=C(NCc1cccnc1)[C@H](Cc1ccccc1)NS(=O)(=O)c1ccc2ccccc2c1. The number of aromatic nitrogens is 1. The van der Waals surface area contributed by atoms with E-state index in [9.17, 15) is 13.2 Å². The average Bonchev–Trinajstić information content (AvgIpc) is 2.83. The van der Waals surface area contributed by atoms with Gasteiger partial charge in [-0.25, -0.2) is 8.42 Å². The monoisotopic (exact) mass is 445 g/mol. The molecule has 0 aliphatic carbocycles. The van der Waals surface area contributed by atoms with Gasteiger partial charge in [0.15, 0.2) is 0 Å². The van der Waals surface area contributed by atoms with Crippen molar-refractivity contribution in [3.63, 3.8) is 0 Å². The first-order chi connectivity index (χ1) is 15.5. The summed E-state index contributed by atoms with van der Waals surface area (Å²) in [6.07, 6.45) is 3.54. The lowest BCUT2D eigenvalue weighted by molar-refractivity contribution is -0.122. The Kier molecular flexibility index (Phi) is 6.58. The van der Waals surface area contributed by atoms with Gasteiger partial charge in [0, 0.05) is 18.9 Å². The van der Waals surface area contributed by atoms with Gasteiger partial charge in [-0.05, 0) is 46.5 Å². The fourth-order valence-electron chi connectivity index (χ4n) is 3.44. The van der Waals surface area contributed by atoms with Gasteiger partial charge in [0.25, 0.3) is 0 Å². The van der Waals surface area contributed by atoms with Crippen molar-refractivity contribution >= 4 is 26.7 Å². The van der Waals surface area contributed by atoms with E-state index in [1.54, 1.807) is 36.7 Å². The molecule has 7 heteroatoms. The first-order valence-electron chi connectivity index (χ1n) is 10.2. The van der Waals surface area contributed by atoms with E-state index >= 15 is 0 Å². The zero-order valence-electron chi connectivity index (χ0n) is 17.3. The quantitative estimate of drug-likeness (QED) is 0.435. The number of amides is 1. The highest BCUT2D eigenvalue weighted by molar-refractivity contribution is 7.89. The van der Waals surface area contributed by atoms with E-state index in [4.69, 9.17) is 0 Å². The molecule has 2 N–H and O–H groups in total. The smallest absolute Gasteiger partial charge is 0.241 e. The van der Waals surface area contributed by atoms with Crippen molar-refractivity contribution in [1.29, 1.82) is 0 Å². The lowest BCUT2D eigenvalue weighted by Crippen LogP contribution is -2.47. The Bertz CT molecular complexity index is 1310. The third-order valence-corrected chi connectivity index (χ3v) is 6.59. The summed E-state index contributed by atoms with van der Waals surface area (Å²) in [4.78, 5) is 17.1. The number of nitrogens with one attached hydrogen (secondary N) is 2. The Morgan fingerprint density at radius 2 is 1.56 bits per heavy atom. The topological polar surface area (TPSA) is 88.2 Å². The Balaban J connectivity index is 1.57. The van der Waals surface area contributed by atoms with E-state index in [1.807, 2.05) is 60.7 Å². The number of fused-ring (bicyclic) bond motifs is 1. The van der Waals surface area contributed by atoms with E-state index in [2.05, 4.69) is 15.0 Å². The minimum Gasteiger partial charge on any atom is -0.351 e. The molecule has 32 heavy (non-hydrogen) atoms. The second kappa shape index (κ2) is 9.72. The number of rotatable bonds is 8. The number of benzene rings is 3. The van der Waals surface area contributed by atoms with E-state index in [0.29, 0.717) is 0 Å². The van der Waals surface area contributed by atoms with Crippen molar-refractivity contribution in [2.75, 3.05) is 0 Å². The molecule has 4 aromatic rings. The number of carbonyl (C=O) groups excluding carboxylic acids is 1. The van der Waals surface area contributed by atoms with Crippen LogP contribution in [0.5, 0.6) is 0 Å². The van der Waals surface area contributed by atoms with Crippen LogP contribution in [0.3, 0.4) is 0 Å². The summed E-state index contributed by atoms with van der Waals surface area (Å²) in [7, 11) is -3.92. The third kappa shape index (κ3) is 5.38. The van der Waals surface area contributed by atoms with Crippen LogP contribution in [0.4, 0.5) is 0 Å². The lowest BCUT2D eigenvalue weighted by atomic mass is 10.1. The summed E-state index contributed by atoms with van der Waals surface area (Å²) in [5, 5.41) is 4.58. The predicted molar refractivity (Wildman–Crippen MR) is 124 cm³/mol. The van der Waals surface area contributed by atoms with E-state index in [1.165, 1.54) is 0 Å². The molecule has 0 fully saturated rings. The van der Waals surface area contributed by atoms with E-state index < -0.39 is 22.0 Å². The molecule has 0 bridgehead atoms. The first kappa shape index (κ1) is 21.7. The Morgan fingerprint density at radius 1 is 0.844 bits per heavy atom. The molecule has 1 amide bonds. The summed E-state index contributed by atoms with van der Waals surface area (Å²) in [5.74, 6) is -0.401.